The molecule has 0 saturated carbocycles. The molecule has 3 nitrogen and oxygen atoms in total. The number of hydrogen-bond acceptors (Lipinski definition) is 3. The van der Waals surface area contributed by atoms with Gasteiger partial charge in [-0.1, -0.05) is 36.7 Å². The second-order valence-corrected chi connectivity index (χ2v) is 8.90. The Kier molecular flexibility index (Phi) is 7.43. The third-order valence-corrected chi connectivity index (χ3v) is 6.15. The second kappa shape index (κ2) is 10.2. The maximum atomic E-state index is 13.7. The van der Waals surface area contributed by atoms with E-state index < -0.39 is 36.3 Å². The van der Waals surface area contributed by atoms with Crippen LogP contribution in [0.3, 0.4) is 0 Å². The lowest BCUT2D eigenvalue weighted by Crippen LogP contribution is -2.42. The largest absolute Gasteiger partial charge is 0.479 e. The number of rotatable bonds is 5. The number of aryl methyl sites for hydroxylation is 1. The third-order valence-electron chi connectivity index (χ3n) is 5.79. The Labute approximate surface area is 209 Å². The van der Waals surface area contributed by atoms with Crippen LogP contribution in [-0.4, -0.2) is 23.7 Å². The molecule has 192 valence electrons. The van der Waals surface area contributed by atoms with Crippen LogP contribution in [0.15, 0.2) is 60.7 Å². The van der Waals surface area contributed by atoms with Gasteiger partial charge in [-0.15, -0.1) is 0 Å². The summed E-state index contributed by atoms with van der Waals surface area (Å²) >= 11 is 6.15. The van der Waals surface area contributed by atoms with E-state index in [2.05, 4.69) is 0 Å². The first-order valence-corrected chi connectivity index (χ1v) is 11.5. The summed E-state index contributed by atoms with van der Waals surface area (Å²) in [6.45, 7) is 1.52. The fraction of sp³-hybridized carbons (Fsp3) is 0.308. The van der Waals surface area contributed by atoms with Gasteiger partial charge in [0.25, 0.3) is 0 Å². The van der Waals surface area contributed by atoms with Crippen molar-refractivity contribution in [1.82, 2.24) is 4.90 Å². The van der Waals surface area contributed by atoms with E-state index in [-0.39, 0.29) is 18.7 Å². The Hall–Kier alpha value is -2.91. The molecule has 0 aliphatic carbocycles. The molecular formula is C26H22ClF6NO2. The maximum absolute atomic E-state index is 13.7. The molecule has 0 N–H and O–H groups in total. The van der Waals surface area contributed by atoms with E-state index in [1.54, 1.807) is 36.4 Å². The highest BCUT2D eigenvalue weighted by molar-refractivity contribution is 6.31. The first kappa shape index (κ1) is 26.2. The molecule has 1 aliphatic heterocycles. The molecule has 0 aromatic heterocycles. The van der Waals surface area contributed by atoms with Crippen LogP contribution in [0.25, 0.3) is 0 Å². The highest BCUT2D eigenvalue weighted by Gasteiger charge is 2.44. The molecule has 10 heteroatoms. The van der Waals surface area contributed by atoms with Crippen LogP contribution in [-0.2, 0) is 25.7 Å². The predicted octanol–water partition coefficient (Wildman–Crippen LogP) is 8.04. The number of halogens is 7. The molecule has 3 aromatic carbocycles. The number of alkyl halides is 6. The van der Waals surface area contributed by atoms with Gasteiger partial charge in [0.05, 0.1) is 5.56 Å². The van der Waals surface area contributed by atoms with Gasteiger partial charge in [-0.3, -0.25) is 4.90 Å². The monoisotopic (exact) mass is 529 g/mol. The van der Waals surface area contributed by atoms with Crippen molar-refractivity contribution >= 4 is 11.6 Å². The van der Waals surface area contributed by atoms with Crippen LogP contribution in [0.1, 0.15) is 29.2 Å². The highest BCUT2D eigenvalue weighted by atomic mass is 35.5. The first-order chi connectivity index (χ1) is 16.9. The summed E-state index contributed by atoms with van der Waals surface area (Å²) in [5.41, 5.74) is 0.776. The molecule has 0 amide bonds. The maximum Gasteiger partial charge on any atom is 0.426 e. The van der Waals surface area contributed by atoms with Crippen molar-refractivity contribution in [2.75, 3.05) is 6.54 Å². The Morgan fingerprint density at radius 1 is 0.972 bits per heavy atom. The SMILES string of the molecule is CCc1cc(Oc2cccc(CN3Cc4ccc(C(F)(F)F)cc4OC(C(F)(F)F)C3)c2)ccc1Cl. The summed E-state index contributed by atoms with van der Waals surface area (Å²) in [5, 5.41) is 0.629. The number of fused-ring (bicyclic) bond motifs is 1. The summed E-state index contributed by atoms with van der Waals surface area (Å²) in [4.78, 5) is 1.49. The van der Waals surface area contributed by atoms with E-state index in [9.17, 15) is 26.3 Å². The summed E-state index contributed by atoms with van der Waals surface area (Å²) in [6, 6.07) is 14.8. The summed E-state index contributed by atoms with van der Waals surface area (Å²) in [5.74, 6) is 0.648. The number of ether oxygens (including phenoxy) is 2. The topological polar surface area (TPSA) is 21.7 Å². The lowest BCUT2D eigenvalue weighted by atomic mass is 10.1. The minimum atomic E-state index is -4.76. The van der Waals surface area contributed by atoms with E-state index in [0.29, 0.717) is 28.2 Å². The van der Waals surface area contributed by atoms with E-state index in [4.69, 9.17) is 21.1 Å². The van der Waals surface area contributed by atoms with Gasteiger partial charge in [0, 0.05) is 30.2 Å². The fourth-order valence-corrected chi connectivity index (χ4v) is 4.23. The quantitative estimate of drug-likeness (QED) is 0.312. The summed E-state index contributed by atoms with van der Waals surface area (Å²) in [6.07, 6.45) is -11.0. The summed E-state index contributed by atoms with van der Waals surface area (Å²) < 4.78 is 91.3. The smallest absolute Gasteiger partial charge is 0.426 e. The van der Waals surface area contributed by atoms with Gasteiger partial charge in [0.2, 0.25) is 6.10 Å². The van der Waals surface area contributed by atoms with Crippen molar-refractivity contribution in [3.63, 3.8) is 0 Å². The van der Waals surface area contributed by atoms with Gasteiger partial charge in [-0.2, -0.15) is 26.3 Å². The Balaban J connectivity index is 1.57. The van der Waals surface area contributed by atoms with Crippen LogP contribution < -0.4 is 9.47 Å². The molecule has 1 atom stereocenters. The molecule has 0 spiro atoms. The zero-order chi connectivity index (χ0) is 26.1. The first-order valence-electron chi connectivity index (χ1n) is 11.1. The zero-order valence-corrected chi connectivity index (χ0v) is 19.8. The molecule has 0 radical (unpaired) electrons. The molecule has 1 unspecified atom stereocenters. The predicted molar refractivity (Wildman–Crippen MR) is 123 cm³/mol. The molecule has 0 saturated heterocycles. The van der Waals surface area contributed by atoms with Crippen molar-refractivity contribution in [3.05, 3.63) is 87.9 Å². The van der Waals surface area contributed by atoms with Gasteiger partial charge in [0.15, 0.2) is 0 Å². The number of benzene rings is 3. The molecule has 0 bridgehead atoms. The molecule has 1 heterocycles. The fourth-order valence-electron chi connectivity index (χ4n) is 3.98. The van der Waals surface area contributed by atoms with Crippen LogP contribution >= 0.6 is 11.6 Å². The zero-order valence-electron chi connectivity index (χ0n) is 19.1. The van der Waals surface area contributed by atoms with E-state index in [1.807, 2.05) is 13.0 Å². The highest BCUT2D eigenvalue weighted by Crippen LogP contribution is 2.37. The van der Waals surface area contributed by atoms with Crippen molar-refractivity contribution in [1.29, 1.82) is 0 Å². The van der Waals surface area contributed by atoms with Gasteiger partial charge < -0.3 is 9.47 Å². The van der Waals surface area contributed by atoms with Crippen molar-refractivity contribution in [2.24, 2.45) is 0 Å². The molecule has 3 aromatic rings. The van der Waals surface area contributed by atoms with Crippen LogP contribution in [0, 0.1) is 0 Å². The summed E-state index contributed by atoms with van der Waals surface area (Å²) in [7, 11) is 0. The molecule has 0 fully saturated rings. The van der Waals surface area contributed by atoms with E-state index in [1.165, 1.54) is 4.90 Å². The van der Waals surface area contributed by atoms with Crippen molar-refractivity contribution < 1.29 is 35.8 Å². The minimum Gasteiger partial charge on any atom is -0.479 e. The van der Waals surface area contributed by atoms with Crippen molar-refractivity contribution in [3.8, 4) is 17.2 Å². The van der Waals surface area contributed by atoms with Crippen LogP contribution in [0.5, 0.6) is 17.2 Å². The van der Waals surface area contributed by atoms with Gasteiger partial charge >= 0.3 is 12.4 Å². The number of hydrogen-bond donors (Lipinski definition) is 0. The van der Waals surface area contributed by atoms with Gasteiger partial charge in [-0.25, -0.2) is 0 Å². The Bertz CT molecular complexity index is 1230. The average molecular weight is 530 g/mol. The van der Waals surface area contributed by atoms with Gasteiger partial charge in [0.1, 0.15) is 17.2 Å². The van der Waals surface area contributed by atoms with Crippen LogP contribution in [0.2, 0.25) is 5.02 Å². The minimum absolute atomic E-state index is 0.0117. The third kappa shape index (κ3) is 6.25. The molecule has 36 heavy (non-hydrogen) atoms. The van der Waals surface area contributed by atoms with Gasteiger partial charge in [-0.05, 0) is 60.0 Å². The van der Waals surface area contributed by atoms with Crippen LogP contribution in [0.4, 0.5) is 26.3 Å². The molecule has 1 aliphatic rings. The van der Waals surface area contributed by atoms with Crippen molar-refractivity contribution in [2.45, 2.75) is 44.9 Å². The van der Waals surface area contributed by atoms with E-state index >= 15 is 0 Å². The number of nitrogens with zero attached hydrogens (tertiary/aromatic N) is 1. The lowest BCUT2D eigenvalue weighted by Gasteiger charge is -2.25. The molecular weight excluding hydrogens is 508 g/mol. The Morgan fingerprint density at radius 2 is 1.72 bits per heavy atom. The Morgan fingerprint density at radius 3 is 2.42 bits per heavy atom. The van der Waals surface area contributed by atoms with E-state index in [0.717, 1.165) is 24.1 Å². The normalized spacial score (nSPS) is 16.7. The standard InChI is InChI=1S/C26H22ClF6NO2/c1-2-17-11-21(8-9-22(17)27)35-20-5-3-4-16(10-20)13-34-14-18-6-7-19(25(28,29)30)12-23(18)36-24(15-34)26(31,32)33/h3-12,24H,2,13-15H2,1H3. The second-order valence-electron chi connectivity index (χ2n) is 8.49. The lowest BCUT2D eigenvalue weighted by molar-refractivity contribution is -0.198. The average Bonchev–Trinajstić information content (AvgIpc) is 2.98. The molecule has 4 rings (SSSR count).